The second-order valence-electron chi connectivity index (χ2n) is 2.03. The molecule has 0 N–H and O–H groups in total. The summed E-state index contributed by atoms with van der Waals surface area (Å²) in [4.78, 5) is 3.40. The van der Waals surface area contributed by atoms with Gasteiger partial charge in [0.15, 0.2) is 5.37 Å². The molecule has 1 aliphatic heterocycles. The Morgan fingerprint density at radius 2 is 2.27 bits per heavy atom. The van der Waals surface area contributed by atoms with E-state index in [0.717, 1.165) is 11.8 Å². The van der Waals surface area contributed by atoms with Gasteiger partial charge in [0.1, 0.15) is 0 Å². The predicted molar refractivity (Wildman–Crippen MR) is 40.5 cm³/mol. The summed E-state index contributed by atoms with van der Waals surface area (Å²) in [7, 11) is 0. The van der Waals surface area contributed by atoms with E-state index >= 15 is 0 Å². The Bertz CT molecular complexity index is 179. The molecule has 0 spiro atoms. The molecule has 0 bridgehead atoms. The number of nitrogens with zero attached hydrogens (tertiary/aromatic N) is 1. The minimum Gasteiger partial charge on any atom is -0.268 e. The number of alkyl halides is 4. The fourth-order valence-corrected chi connectivity index (χ4v) is 1.87. The van der Waals surface area contributed by atoms with Crippen LogP contribution in [0.25, 0.3) is 0 Å². The van der Waals surface area contributed by atoms with Gasteiger partial charge >= 0.3 is 6.18 Å². The highest BCUT2D eigenvalue weighted by atomic mass is 35.5. The third-order valence-corrected chi connectivity index (χ3v) is 2.64. The van der Waals surface area contributed by atoms with Crippen LogP contribution in [0.4, 0.5) is 13.2 Å². The van der Waals surface area contributed by atoms with Crippen LogP contribution in [0.5, 0.6) is 0 Å². The van der Waals surface area contributed by atoms with Gasteiger partial charge in [0.05, 0.1) is 5.88 Å². The van der Waals surface area contributed by atoms with E-state index in [4.69, 9.17) is 11.6 Å². The Hall–Kier alpha value is 0.1000. The Morgan fingerprint density at radius 1 is 1.64 bits per heavy atom. The number of thioether (sulfide) groups is 1. The highest BCUT2D eigenvalue weighted by Crippen LogP contribution is 2.35. The standard InChI is InChI=1S/C5H5ClF3NS/c6-1-3-2-11-4(10-3)5(7,8)9/h4H,1-2H2. The Labute approximate surface area is 71.0 Å². The van der Waals surface area contributed by atoms with Crippen LogP contribution in [0.3, 0.4) is 0 Å². The number of rotatable bonds is 1. The van der Waals surface area contributed by atoms with Gasteiger partial charge < -0.3 is 0 Å². The van der Waals surface area contributed by atoms with Gasteiger partial charge in [-0.3, -0.25) is 4.99 Å². The molecule has 1 heterocycles. The van der Waals surface area contributed by atoms with Crippen molar-refractivity contribution in [1.29, 1.82) is 0 Å². The first-order valence-electron chi connectivity index (χ1n) is 2.84. The fourth-order valence-electron chi connectivity index (χ4n) is 0.656. The molecule has 1 rings (SSSR count). The number of halogens is 4. The average molecular weight is 204 g/mol. The smallest absolute Gasteiger partial charge is 0.268 e. The van der Waals surface area contributed by atoms with Gasteiger partial charge in [-0.25, -0.2) is 0 Å². The summed E-state index contributed by atoms with van der Waals surface area (Å²) in [5.74, 6) is 0.396. The molecule has 0 amide bonds. The molecule has 1 aliphatic rings. The van der Waals surface area contributed by atoms with Crippen molar-refractivity contribution >= 4 is 29.1 Å². The topological polar surface area (TPSA) is 12.4 Å². The lowest BCUT2D eigenvalue weighted by molar-refractivity contribution is -0.126. The van der Waals surface area contributed by atoms with Gasteiger partial charge in [-0.2, -0.15) is 13.2 Å². The predicted octanol–water partition coefficient (Wildman–Crippen LogP) is 2.30. The van der Waals surface area contributed by atoms with Crippen LogP contribution in [0.2, 0.25) is 0 Å². The first kappa shape index (κ1) is 9.19. The molecular weight excluding hydrogens is 199 g/mol. The number of hydrogen-bond acceptors (Lipinski definition) is 2. The molecular formula is C5H5ClF3NS. The molecule has 1 nitrogen and oxygen atoms in total. The quantitative estimate of drug-likeness (QED) is 0.596. The van der Waals surface area contributed by atoms with Crippen molar-refractivity contribution in [3.63, 3.8) is 0 Å². The first-order chi connectivity index (χ1) is 5.04. The minimum atomic E-state index is -4.22. The summed E-state index contributed by atoms with van der Waals surface area (Å²) >= 11 is 6.08. The van der Waals surface area contributed by atoms with Crippen LogP contribution in [0.15, 0.2) is 4.99 Å². The third-order valence-electron chi connectivity index (χ3n) is 1.14. The molecule has 0 aromatic carbocycles. The Balaban J connectivity index is 2.59. The lowest BCUT2D eigenvalue weighted by Crippen LogP contribution is -2.21. The maximum Gasteiger partial charge on any atom is 0.420 e. The summed E-state index contributed by atoms with van der Waals surface area (Å²) < 4.78 is 35.7. The monoisotopic (exact) mass is 203 g/mol. The second kappa shape index (κ2) is 3.23. The molecule has 1 unspecified atom stereocenters. The molecule has 0 fully saturated rings. The average Bonchev–Trinajstić information content (AvgIpc) is 2.32. The molecule has 6 heteroatoms. The van der Waals surface area contributed by atoms with Crippen LogP contribution < -0.4 is 0 Å². The molecule has 11 heavy (non-hydrogen) atoms. The van der Waals surface area contributed by atoms with Gasteiger partial charge in [-0.1, -0.05) is 0 Å². The van der Waals surface area contributed by atoms with E-state index in [0.29, 0.717) is 11.5 Å². The largest absolute Gasteiger partial charge is 0.420 e. The summed E-state index contributed by atoms with van der Waals surface area (Å²) in [6.45, 7) is 0. The van der Waals surface area contributed by atoms with E-state index < -0.39 is 11.6 Å². The zero-order valence-electron chi connectivity index (χ0n) is 5.36. The fraction of sp³-hybridized carbons (Fsp3) is 0.800. The van der Waals surface area contributed by atoms with E-state index in [9.17, 15) is 13.2 Å². The van der Waals surface area contributed by atoms with Crippen LogP contribution in [0, 0.1) is 0 Å². The lowest BCUT2D eigenvalue weighted by Gasteiger charge is -2.09. The van der Waals surface area contributed by atoms with Crippen molar-refractivity contribution in [2.75, 3.05) is 11.6 Å². The number of aliphatic imine (C=N–C) groups is 1. The van der Waals surface area contributed by atoms with Crippen LogP contribution in [0.1, 0.15) is 0 Å². The maximum absolute atomic E-state index is 11.9. The van der Waals surface area contributed by atoms with Gasteiger partial charge in [0.2, 0.25) is 0 Å². The summed E-state index contributed by atoms with van der Waals surface area (Å²) in [6.07, 6.45) is -4.22. The third kappa shape index (κ3) is 2.27. The van der Waals surface area contributed by atoms with Gasteiger partial charge in [-0.05, 0) is 0 Å². The van der Waals surface area contributed by atoms with Crippen molar-refractivity contribution in [2.45, 2.75) is 11.6 Å². The Morgan fingerprint density at radius 3 is 2.55 bits per heavy atom. The van der Waals surface area contributed by atoms with Crippen LogP contribution in [-0.4, -0.2) is 28.9 Å². The van der Waals surface area contributed by atoms with Crippen LogP contribution >= 0.6 is 23.4 Å². The van der Waals surface area contributed by atoms with Crippen molar-refractivity contribution in [3.8, 4) is 0 Å². The summed E-state index contributed by atoms with van der Waals surface area (Å²) in [5.41, 5.74) is 0.430. The molecule has 0 aliphatic carbocycles. The van der Waals surface area contributed by atoms with Crippen molar-refractivity contribution in [1.82, 2.24) is 0 Å². The van der Waals surface area contributed by atoms with Gasteiger partial charge in [0, 0.05) is 11.5 Å². The zero-order chi connectivity index (χ0) is 8.48. The lowest BCUT2D eigenvalue weighted by atomic mass is 10.5. The van der Waals surface area contributed by atoms with E-state index in [1.54, 1.807) is 0 Å². The molecule has 1 atom stereocenters. The van der Waals surface area contributed by atoms with E-state index in [1.807, 2.05) is 0 Å². The normalized spacial score (nSPS) is 25.5. The Kier molecular flexibility index (Phi) is 2.70. The van der Waals surface area contributed by atoms with E-state index in [-0.39, 0.29) is 5.88 Å². The van der Waals surface area contributed by atoms with Gasteiger partial charge in [0.25, 0.3) is 0 Å². The summed E-state index contributed by atoms with van der Waals surface area (Å²) in [6, 6.07) is 0. The molecule has 0 saturated heterocycles. The van der Waals surface area contributed by atoms with Gasteiger partial charge in [-0.15, -0.1) is 23.4 Å². The molecule has 64 valence electrons. The molecule has 0 aromatic rings. The molecule has 0 saturated carbocycles. The van der Waals surface area contributed by atoms with Crippen molar-refractivity contribution < 1.29 is 13.2 Å². The van der Waals surface area contributed by atoms with Crippen molar-refractivity contribution in [3.05, 3.63) is 0 Å². The van der Waals surface area contributed by atoms with E-state index in [2.05, 4.69) is 4.99 Å². The summed E-state index contributed by atoms with van der Waals surface area (Å²) in [5, 5.41) is -1.59. The molecule has 0 radical (unpaired) electrons. The first-order valence-corrected chi connectivity index (χ1v) is 4.42. The van der Waals surface area contributed by atoms with Crippen molar-refractivity contribution in [2.24, 2.45) is 4.99 Å². The van der Waals surface area contributed by atoms with Crippen LogP contribution in [-0.2, 0) is 0 Å². The highest BCUT2D eigenvalue weighted by molar-refractivity contribution is 8.01. The second-order valence-corrected chi connectivity index (χ2v) is 3.37. The maximum atomic E-state index is 11.9. The zero-order valence-corrected chi connectivity index (χ0v) is 6.93. The highest BCUT2D eigenvalue weighted by Gasteiger charge is 2.42. The van der Waals surface area contributed by atoms with E-state index in [1.165, 1.54) is 0 Å². The number of hydrogen-bond donors (Lipinski definition) is 0. The molecule has 0 aromatic heterocycles. The minimum absolute atomic E-state index is 0.0968. The SMILES string of the molecule is FC(F)(F)C1N=C(CCl)CS1.